The van der Waals surface area contributed by atoms with Gasteiger partial charge >= 0.3 is 0 Å². The summed E-state index contributed by atoms with van der Waals surface area (Å²) in [6, 6.07) is 6.57. The number of nitrogens with zero attached hydrogens (tertiary/aromatic N) is 2. The highest BCUT2D eigenvalue weighted by atomic mass is 79.9. The first-order valence-electron chi connectivity index (χ1n) is 5.00. The minimum absolute atomic E-state index is 0.0490. The van der Waals surface area contributed by atoms with E-state index < -0.39 is 10.7 Å². The number of benzene rings is 1. The van der Waals surface area contributed by atoms with E-state index in [4.69, 9.17) is 11.6 Å². The lowest BCUT2D eigenvalue weighted by molar-refractivity contribution is -0.384. The molecular weight excluding hydrogens is 340 g/mol. The Morgan fingerprint density at radius 1 is 1.37 bits per heavy atom. The van der Waals surface area contributed by atoms with Crippen LogP contribution in [0.1, 0.15) is 0 Å². The summed E-state index contributed by atoms with van der Waals surface area (Å²) < 4.78 is 14.2. The Morgan fingerprint density at radius 3 is 2.79 bits per heavy atom. The van der Waals surface area contributed by atoms with Gasteiger partial charge in [-0.15, -0.1) is 0 Å². The summed E-state index contributed by atoms with van der Waals surface area (Å²) in [5.41, 5.74) is -0.0867. The van der Waals surface area contributed by atoms with Gasteiger partial charge in [-0.25, -0.2) is 9.37 Å². The van der Waals surface area contributed by atoms with Crippen LogP contribution in [0.4, 0.5) is 21.6 Å². The zero-order chi connectivity index (χ0) is 14.0. The molecule has 5 nitrogen and oxygen atoms in total. The molecule has 0 bridgehead atoms. The van der Waals surface area contributed by atoms with Crippen LogP contribution in [0.3, 0.4) is 0 Å². The molecule has 0 aliphatic carbocycles. The van der Waals surface area contributed by atoms with Gasteiger partial charge in [-0.2, -0.15) is 0 Å². The summed E-state index contributed by atoms with van der Waals surface area (Å²) in [5, 5.41) is 13.3. The van der Waals surface area contributed by atoms with E-state index in [-0.39, 0.29) is 22.3 Å². The van der Waals surface area contributed by atoms with E-state index in [9.17, 15) is 14.5 Å². The fourth-order valence-corrected chi connectivity index (χ4v) is 1.95. The third kappa shape index (κ3) is 3.39. The minimum atomic E-state index is -0.601. The van der Waals surface area contributed by atoms with Gasteiger partial charge in [0.1, 0.15) is 16.8 Å². The summed E-state index contributed by atoms with van der Waals surface area (Å²) in [6.07, 6.45) is 0. The van der Waals surface area contributed by atoms with Crippen molar-refractivity contribution in [3.8, 4) is 0 Å². The lowest BCUT2D eigenvalue weighted by atomic mass is 10.3. The number of nitrogens with one attached hydrogen (secondary N) is 1. The highest BCUT2D eigenvalue weighted by molar-refractivity contribution is 9.10. The molecule has 2 aromatic rings. The third-order valence-electron chi connectivity index (χ3n) is 2.18. The Balaban J connectivity index is 2.38. The maximum absolute atomic E-state index is 13.5. The number of anilines is 2. The van der Waals surface area contributed by atoms with Gasteiger partial charge in [-0.05, 0) is 18.2 Å². The maximum atomic E-state index is 13.5. The molecule has 0 amide bonds. The predicted molar refractivity (Wildman–Crippen MR) is 73.3 cm³/mol. The molecule has 0 fully saturated rings. The van der Waals surface area contributed by atoms with E-state index in [2.05, 4.69) is 26.2 Å². The van der Waals surface area contributed by atoms with Gasteiger partial charge in [0.2, 0.25) is 0 Å². The van der Waals surface area contributed by atoms with E-state index in [0.717, 1.165) is 6.07 Å². The number of hydrogen-bond donors (Lipinski definition) is 1. The van der Waals surface area contributed by atoms with Gasteiger partial charge in [0.05, 0.1) is 22.7 Å². The number of rotatable bonds is 3. The van der Waals surface area contributed by atoms with Crippen LogP contribution in [0.5, 0.6) is 0 Å². The summed E-state index contributed by atoms with van der Waals surface area (Å²) in [4.78, 5) is 13.9. The number of nitro groups is 1. The Labute approximate surface area is 120 Å². The smallest absolute Gasteiger partial charge is 0.276 e. The molecule has 1 aromatic carbocycles. The highest BCUT2D eigenvalue weighted by Crippen LogP contribution is 2.26. The molecule has 0 unspecified atom stereocenters. The van der Waals surface area contributed by atoms with Crippen molar-refractivity contribution in [1.29, 1.82) is 0 Å². The molecule has 19 heavy (non-hydrogen) atoms. The molecule has 0 aliphatic heterocycles. The van der Waals surface area contributed by atoms with Crippen LogP contribution < -0.4 is 5.32 Å². The van der Waals surface area contributed by atoms with Crippen LogP contribution in [-0.4, -0.2) is 9.91 Å². The highest BCUT2D eigenvalue weighted by Gasteiger charge is 2.11. The fourth-order valence-electron chi connectivity index (χ4n) is 1.38. The van der Waals surface area contributed by atoms with Crippen LogP contribution in [0.25, 0.3) is 0 Å². The maximum Gasteiger partial charge on any atom is 0.276 e. The van der Waals surface area contributed by atoms with Crippen LogP contribution in [-0.2, 0) is 0 Å². The van der Waals surface area contributed by atoms with Crippen molar-refractivity contribution < 1.29 is 9.31 Å². The average molecular weight is 347 g/mol. The number of aromatic nitrogens is 1. The largest absolute Gasteiger partial charge is 0.338 e. The first-order valence-corrected chi connectivity index (χ1v) is 6.17. The predicted octanol–water partition coefficient (Wildman–Crippen LogP) is 4.29. The summed E-state index contributed by atoms with van der Waals surface area (Å²) in [5.74, 6) is -0.413. The Bertz CT molecular complexity index is 654. The summed E-state index contributed by atoms with van der Waals surface area (Å²) in [7, 11) is 0. The molecule has 8 heteroatoms. The SMILES string of the molecule is O=[N+]([O-])c1cc(Cl)nc(Nc2cc(Br)ccc2F)c1. The molecule has 0 radical (unpaired) electrons. The second kappa shape index (κ2) is 5.50. The van der Waals surface area contributed by atoms with Crippen LogP contribution in [0.15, 0.2) is 34.8 Å². The molecule has 0 saturated heterocycles. The summed E-state index contributed by atoms with van der Waals surface area (Å²) in [6.45, 7) is 0. The second-order valence-electron chi connectivity index (χ2n) is 3.54. The molecule has 0 spiro atoms. The first kappa shape index (κ1) is 13.7. The van der Waals surface area contributed by atoms with Crippen molar-refractivity contribution in [2.45, 2.75) is 0 Å². The van der Waals surface area contributed by atoms with Crippen molar-refractivity contribution in [2.24, 2.45) is 0 Å². The van der Waals surface area contributed by atoms with Gasteiger partial charge in [-0.3, -0.25) is 10.1 Å². The van der Waals surface area contributed by atoms with Crippen molar-refractivity contribution in [3.63, 3.8) is 0 Å². The molecule has 1 N–H and O–H groups in total. The van der Waals surface area contributed by atoms with Crippen LogP contribution in [0, 0.1) is 15.9 Å². The fraction of sp³-hybridized carbons (Fsp3) is 0. The molecular formula is C11H6BrClFN3O2. The Hall–Kier alpha value is -1.73. The molecule has 2 rings (SSSR count). The van der Waals surface area contributed by atoms with Gasteiger partial charge in [0, 0.05) is 4.47 Å². The van der Waals surface area contributed by atoms with Crippen LogP contribution >= 0.6 is 27.5 Å². The zero-order valence-electron chi connectivity index (χ0n) is 9.23. The third-order valence-corrected chi connectivity index (χ3v) is 2.87. The Morgan fingerprint density at radius 2 is 2.11 bits per heavy atom. The first-order chi connectivity index (χ1) is 8.95. The van der Waals surface area contributed by atoms with Crippen molar-refractivity contribution in [3.05, 3.63) is 55.9 Å². The van der Waals surface area contributed by atoms with Gasteiger partial charge < -0.3 is 5.32 Å². The van der Waals surface area contributed by atoms with Crippen molar-refractivity contribution in [2.75, 3.05) is 5.32 Å². The zero-order valence-corrected chi connectivity index (χ0v) is 11.6. The lowest BCUT2D eigenvalue weighted by Gasteiger charge is -2.07. The van der Waals surface area contributed by atoms with E-state index >= 15 is 0 Å². The van der Waals surface area contributed by atoms with E-state index in [0.29, 0.717) is 4.47 Å². The van der Waals surface area contributed by atoms with Gasteiger partial charge in [0.15, 0.2) is 0 Å². The number of hydrogen-bond acceptors (Lipinski definition) is 4. The molecule has 0 saturated carbocycles. The van der Waals surface area contributed by atoms with Crippen LogP contribution in [0.2, 0.25) is 5.15 Å². The number of halogens is 3. The number of pyridine rings is 1. The molecule has 1 aromatic heterocycles. The Kier molecular flexibility index (Phi) is 3.96. The minimum Gasteiger partial charge on any atom is -0.338 e. The molecule has 0 atom stereocenters. The second-order valence-corrected chi connectivity index (χ2v) is 4.84. The normalized spacial score (nSPS) is 10.3. The molecule has 0 aliphatic rings. The van der Waals surface area contributed by atoms with Crippen molar-refractivity contribution >= 4 is 44.7 Å². The molecule has 98 valence electrons. The molecule has 1 heterocycles. The van der Waals surface area contributed by atoms with E-state index in [1.54, 1.807) is 0 Å². The van der Waals surface area contributed by atoms with Gasteiger partial charge in [-0.1, -0.05) is 27.5 Å². The van der Waals surface area contributed by atoms with E-state index in [1.165, 1.54) is 24.3 Å². The van der Waals surface area contributed by atoms with Gasteiger partial charge in [0.25, 0.3) is 5.69 Å². The summed E-state index contributed by atoms with van der Waals surface area (Å²) >= 11 is 8.87. The standard InChI is InChI=1S/C11H6BrClFN3O2/c12-6-1-2-8(14)9(3-6)15-11-5-7(17(18)19)4-10(13)16-11/h1-5H,(H,15,16). The topological polar surface area (TPSA) is 68.1 Å². The van der Waals surface area contributed by atoms with E-state index in [1.807, 2.05) is 0 Å². The lowest BCUT2D eigenvalue weighted by Crippen LogP contribution is -1.98. The monoisotopic (exact) mass is 345 g/mol. The van der Waals surface area contributed by atoms with Crippen molar-refractivity contribution in [1.82, 2.24) is 4.98 Å². The quantitative estimate of drug-likeness (QED) is 0.511. The average Bonchev–Trinajstić information content (AvgIpc) is 2.33.